The van der Waals surface area contributed by atoms with Gasteiger partial charge in [-0.15, -0.1) is 0 Å². The van der Waals surface area contributed by atoms with Crippen molar-refractivity contribution in [3.8, 4) is 0 Å². The normalized spacial score (nSPS) is 19.7. The average molecular weight is 284 g/mol. The Morgan fingerprint density at radius 2 is 2.00 bits per heavy atom. The van der Waals surface area contributed by atoms with Crippen molar-refractivity contribution in [2.75, 3.05) is 6.54 Å². The number of carbonyl (C=O) groups excluding carboxylic acids is 2. The molecule has 21 heavy (non-hydrogen) atoms. The van der Waals surface area contributed by atoms with Crippen LogP contribution in [0, 0.1) is 5.92 Å². The molecule has 0 radical (unpaired) electrons. The first kappa shape index (κ1) is 13.4. The van der Waals surface area contributed by atoms with E-state index in [1.165, 1.54) is 0 Å². The van der Waals surface area contributed by atoms with Gasteiger partial charge in [0.25, 0.3) is 0 Å². The number of benzene rings is 1. The van der Waals surface area contributed by atoms with E-state index in [1.807, 2.05) is 36.4 Å². The van der Waals surface area contributed by atoms with Gasteiger partial charge in [0.1, 0.15) is 11.8 Å². The molecule has 108 valence electrons. The fraction of sp³-hybridized carbons (Fsp3) is 0.250. The Morgan fingerprint density at radius 3 is 2.57 bits per heavy atom. The van der Waals surface area contributed by atoms with Crippen LogP contribution in [0.1, 0.15) is 23.8 Å². The molecule has 2 aromatic rings. The Morgan fingerprint density at radius 1 is 1.24 bits per heavy atom. The summed E-state index contributed by atoms with van der Waals surface area (Å²) >= 11 is 0. The van der Waals surface area contributed by atoms with Gasteiger partial charge >= 0.3 is 0 Å². The number of carbonyl (C=O) groups is 2. The van der Waals surface area contributed by atoms with E-state index in [2.05, 4.69) is 0 Å². The molecule has 1 fully saturated rings. The number of rotatable bonds is 4. The predicted octanol–water partition coefficient (Wildman–Crippen LogP) is 1.70. The Balaban J connectivity index is 1.97. The highest BCUT2D eigenvalue weighted by molar-refractivity contribution is 5.88. The molecule has 2 amide bonds. The number of nitrogens with zero attached hydrogens (tertiary/aromatic N) is 1. The predicted molar refractivity (Wildman–Crippen MR) is 76.0 cm³/mol. The first-order valence-corrected chi connectivity index (χ1v) is 6.84. The summed E-state index contributed by atoms with van der Waals surface area (Å²) in [6, 6.07) is 12.9. The molecule has 5 heteroatoms. The maximum absolute atomic E-state index is 12.3. The van der Waals surface area contributed by atoms with Gasteiger partial charge in [0.05, 0.1) is 12.2 Å². The van der Waals surface area contributed by atoms with Crippen LogP contribution in [0.2, 0.25) is 0 Å². The Hall–Kier alpha value is -2.56. The minimum Gasteiger partial charge on any atom is -0.467 e. The maximum Gasteiger partial charge on any atom is 0.224 e. The average Bonchev–Trinajstić information content (AvgIpc) is 3.12. The quantitative estimate of drug-likeness (QED) is 0.928. The minimum absolute atomic E-state index is 0.0796. The third-order valence-electron chi connectivity index (χ3n) is 3.80. The van der Waals surface area contributed by atoms with Gasteiger partial charge in [0.2, 0.25) is 11.8 Å². The van der Waals surface area contributed by atoms with Crippen molar-refractivity contribution >= 4 is 11.8 Å². The summed E-state index contributed by atoms with van der Waals surface area (Å²) in [5, 5.41) is 0. The fourth-order valence-electron chi connectivity index (χ4n) is 2.75. The van der Waals surface area contributed by atoms with Crippen molar-refractivity contribution in [3.05, 3.63) is 60.1 Å². The van der Waals surface area contributed by atoms with Gasteiger partial charge in [-0.1, -0.05) is 30.3 Å². The van der Waals surface area contributed by atoms with Crippen molar-refractivity contribution < 1.29 is 14.0 Å². The molecule has 0 saturated carbocycles. The maximum atomic E-state index is 12.3. The van der Waals surface area contributed by atoms with Gasteiger partial charge in [-0.3, -0.25) is 9.59 Å². The van der Waals surface area contributed by atoms with E-state index in [0.717, 1.165) is 5.56 Å². The number of amides is 2. The molecule has 2 unspecified atom stereocenters. The van der Waals surface area contributed by atoms with E-state index in [1.54, 1.807) is 17.2 Å². The number of primary amides is 1. The summed E-state index contributed by atoms with van der Waals surface area (Å²) in [6.07, 6.45) is 1.75. The number of likely N-dealkylation sites (tertiary alicyclic amines) is 1. The molecular formula is C16H16N2O3. The van der Waals surface area contributed by atoms with Crippen molar-refractivity contribution in [3.63, 3.8) is 0 Å². The fourth-order valence-corrected chi connectivity index (χ4v) is 2.75. The molecule has 1 aromatic heterocycles. The molecule has 0 spiro atoms. The zero-order valence-electron chi connectivity index (χ0n) is 11.4. The summed E-state index contributed by atoms with van der Waals surface area (Å²) in [4.78, 5) is 25.3. The van der Waals surface area contributed by atoms with Crippen molar-refractivity contribution in [1.82, 2.24) is 4.90 Å². The van der Waals surface area contributed by atoms with Crippen molar-refractivity contribution in [2.45, 2.75) is 12.5 Å². The van der Waals surface area contributed by atoms with Crippen molar-refractivity contribution in [2.24, 2.45) is 11.7 Å². The summed E-state index contributed by atoms with van der Waals surface area (Å²) in [5.41, 5.74) is 6.29. The Kier molecular flexibility index (Phi) is 3.48. The van der Waals surface area contributed by atoms with Crippen molar-refractivity contribution in [1.29, 1.82) is 0 Å². The molecular weight excluding hydrogens is 268 g/mol. The second-order valence-electron chi connectivity index (χ2n) is 5.18. The summed E-state index contributed by atoms with van der Waals surface area (Å²) < 4.78 is 5.50. The van der Waals surface area contributed by atoms with E-state index in [4.69, 9.17) is 10.2 Å². The lowest BCUT2D eigenvalue weighted by Gasteiger charge is -2.26. The molecule has 2 N–H and O–H groups in total. The van der Waals surface area contributed by atoms with Crippen LogP contribution in [0.4, 0.5) is 0 Å². The van der Waals surface area contributed by atoms with Crippen LogP contribution >= 0.6 is 0 Å². The lowest BCUT2D eigenvalue weighted by atomic mass is 10.0. The summed E-state index contributed by atoms with van der Waals surface area (Å²) in [7, 11) is 0. The molecule has 2 atom stereocenters. The third kappa shape index (κ3) is 2.54. The molecule has 0 aliphatic carbocycles. The molecule has 2 heterocycles. The van der Waals surface area contributed by atoms with Crippen LogP contribution < -0.4 is 5.73 Å². The number of furan rings is 1. The van der Waals surface area contributed by atoms with Gasteiger partial charge in [-0.2, -0.15) is 0 Å². The molecule has 5 nitrogen and oxygen atoms in total. The number of hydrogen-bond acceptors (Lipinski definition) is 3. The van der Waals surface area contributed by atoms with E-state index < -0.39 is 11.8 Å². The second-order valence-corrected chi connectivity index (χ2v) is 5.18. The lowest BCUT2D eigenvalue weighted by Crippen LogP contribution is -2.32. The van der Waals surface area contributed by atoms with Gasteiger partial charge in [-0.25, -0.2) is 0 Å². The highest BCUT2D eigenvalue weighted by Crippen LogP contribution is 2.34. The van der Waals surface area contributed by atoms with Crippen LogP contribution in [0.3, 0.4) is 0 Å². The topological polar surface area (TPSA) is 76.5 Å². The first-order chi connectivity index (χ1) is 10.2. The molecule has 0 bridgehead atoms. The zero-order valence-corrected chi connectivity index (χ0v) is 11.4. The van der Waals surface area contributed by atoms with Crippen LogP contribution in [0.25, 0.3) is 0 Å². The SMILES string of the molecule is NC(=O)C1CC(=O)N(C(c2ccccc2)c2ccco2)C1. The molecule has 1 saturated heterocycles. The van der Waals surface area contributed by atoms with E-state index >= 15 is 0 Å². The van der Waals surface area contributed by atoms with Crippen LogP contribution in [0.5, 0.6) is 0 Å². The minimum atomic E-state index is -0.433. The Labute approximate surface area is 122 Å². The van der Waals surface area contributed by atoms with Crippen LogP contribution in [-0.2, 0) is 9.59 Å². The smallest absolute Gasteiger partial charge is 0.224 e. The summed E-state index contributed by atoms with van der Waals surface area (Å²) in [6.45, 7) is 0.328. The number of hydrogen-bond donors (Lipinski definition) is 1. The van der Waals surface area contributed by atoms with Crippen LogP contribution in [0.15, 0.2) is 53.1 Å². The first-order valence-electron chi connectivity index (χ1n) is 6.84. The number of nitrogens with two attached hydrogens (primary N) is 1. The highest BCUT2D eigenvalue weighted by Gasteiger charge is 2.39. The largest absolute Gasteiger partial charge is 0.467 e. The highest BCUT2D eigenvalue weighted by atomic mass is 16.3. The molecule has 1 aliphatic rings. The van der Waals surface area contributed by atoms with Gasteiger partial charge in [0.15, 0.2) is 0 Å². The monoisotopic (exact) mass is 284 g/mol. The van der Waals surface area contributed by atoms with E-state index in [9.17, 15) is 9.59 Å². The molecule has 1 aromatic carbocycles. The van der Waals surface area contributed by atoms with Gasteiger partial charge in [-0.05, 0) is 17.7 Å². The molecule has 3 rings (SSSR count). The van der Waals surface area contributed by atoms with E-state index in [-0.39, 0.29) is 18.4 Å². The third-order valence-corrected chi connectivity index (χ3v) is 3.80. The lowest BCUT2D eigenvalue weighted by molar-refractivity contribution is -0.129. The van der Waals surface area contributed by atoms with E-state index in [0.29, 0.717) is 12.3 Å². The Bertz CT molecular complexity index is 637. The zero-order chi connectivity index (χ0) is 14.8. The van der Waals surface area contributed by atoms with Gasteiger partial charge < -0.3 is 15.1 Å². The molecule has 1 aliphatic heterocycles. The second kappa shape index (κ2) is 5.44. The van der Waals surface area contributed by atoms with Gasteiger partial charge in [0, 0.05) is 13.0 Å². The van der Waals surface area contributed by atoms with Crippen LogP contribution in [-0.4, -0.2) is 23.3 Å². The summed E-state index contributed by atoms with van der Waals surface area (Å²) in [5.74, 6) is -0.264. The standard InChI is InChI=1S/C16H16N2O3/c17-16(20)12-9-14(19)18(10-12)15(13-7-4-8-21-13)11-5-2-1-3-6-11/h1-8,12,15H,9-10H2,(H2,17,20).